The number of benzene rings is 2. The Kier molecular flexibility index (Phi) is 6.11. The Morgan fingerprint density at radius 2 is 1.71 bits per heavy atom. The number of aromatic nitrogens is 1. The number of hydrogen-bond acceptors (Lipinski definition) is 3. The van der Waals surface area contributed by atoms with Crippen LogP contribution in [-0.2, 0) is 11.2 Å². The number of aryl methyl sites for hydroxylation is 1. The number of H-pyrrole nitrogens is 1. The fourth-order valence-corrected chi connectivity index (χ4v) is 4.24. The average molecular weight is 421 g/mol. The number of nitrogens with two attached hydrogens (primary N) is 1. The molecule has 7 nitrogen and oxygen atoms in total. The van der Waals surface area contributed by atoms with Crippen molar-refractivity contribution in [2.24, 2.45) is 5.73 Å². The van der Waals surface area contributed by atoms with Crippen LogP contribution in [0.25, 0.3) is 22.2 Å². The third kappa shape index (κ3) is 4.50. The van der Waals surface area contributed by atoms with Crippen molar-refractivity contribution in [3.05, 3.63) is 54.1 Å². The van der Waals surface area contributed by atoms with Crippen molar-refractivity contribution >= 4 is 22.8 Å². The number of carbonyl (C=O) groups is 2. The van der Waals surface area contributed by atoms with Gasteiger partial charge in [-0.1, -0.05) is 18.2 Å². The van der Waals surface area contributed by atoms with Crippen LogP contribution in [0.2, 0.25) is 0 Å². The van der Waals surface area contributed by atoms with E-state index in [4.69, 9.17) is 10.5 Å². The molecular weight excluding hydrogens is 392 g/mol. The average Bonchev–Trinajstić information content (AvgIpc) is 2.97. The molecule has 3 aromatic rings. The fraction of sp³-hybridized carbons (Fsp3) is 0.333. The van der Waals surface area contributed by atoms with Crippen molar-refractivity contribution in [3.8, 4) is 17.0 Å². The number of para-hydroxylation sites is 1. The molecule has 0 aliphatic carbocycles. The SMILES string of the molecule is COc1ccc(-c2[nH]c3ccccc3c2CCC(=O)N2CCCN(C(N)=O)CC2)cc1. The van der Waals surface area contributed by atoms with Gasteiger partial charge in [-0.25, -0.2) is 4.79 Å². The van der Waals surface area contributed by atoms with Gasteiger partial charge in [0.25, 0.3) is 0 Å². The van der Waals surface area contributed by atoms with Gasteiger partial charge in [-0.2, -0.15) is 0 Å². The number of ether oxygens (including phenoxy) is 1. The van der Waals surface area contributed by atoms with E-state index in [2.05, 4.69) is 17.1 Å². The molecular formula is C24H28N4O3. The van der Waals surface area contributed by atoms with Crippen LogP contribution in [0.15, 0.2) is 48.5 Å². The first-order chi connectivity index (χ1) is 15.1. The number of aromatic amines is 1. The monoisotopic (exact) mass is 420 g/mol. The second-order valence-electron chi connectivity index (χ2n) is 7.81. The summed E-state index contributed by atoms with van der Waals surface area (Å²) in [5.74, 6) is 0.917. The molecule has 1 aliphatic heterocycles. The molecule has 0 atom stereocenters. The summed E-state index contributed by atoms with van der Waals surface area (Å²) < 4.78 is 5.28. The smallest absolute Gasteiger partial charge is 0.314 e. The third-order valence-corrected chi connectivity index (χ3v) is 5.94. The number of methoxy groups -OCH3 is 1. The molecule has 3 amide bonds. The quantitative estimate of drug-likeness (QED) is 0.663. The first-order valence-corrected chi connectivity index (χ1v) is 10.6. The topological polar surface area (TPSA) is 91.7 Å². The maximum atomic E-state index is 13.0. The fourth-order valence-electron chi connectivity index (χ4n) is 4.24. The highest BCUT2D eigenvalue weighted by molar-refractivity contribution is 5.91. The minimum atomic E-state index is -0.419. The largest absolute Gasteiger partial charge is 0.497 e. The number of primary amides is 1. The third-order valence-electron chi connectivity index (χ3n) is 5.94. The van der Waals surface area contributed by atoms with E-state index in [1.54, 1.807) is 12.0 Å². The van der Waals surface area contributed by atoms with Crippen LogP contribution in [0.5, 0.6) is 5.75 Å². The predicted octanol–water partition coefficient (Wildman–Crippen LogP) is 3.39. The number of nitrogens with zero attached hydrogens (tertiary/aromatic N) is 2. The van der Waals surface area contributed by atoms with Crippen LogP contribution in [0, 0.1) is 0 Å². The van der Waals surface area contributed by atoms with Gasteiger partial charge in [0, 0.05) is 49.2 Å². The van der Waals surface area contributed by atoms with Crippen LogP contribution >= 0.6 is 0 Å². The summed E-state index contributed by atoms with van der Waals surface area (Å²) in [5.41, 5.74) is 9.69. The van der Waals surface area contributed by atoms with Crippen LogP contribution in [-0.4, -0.2) is 60.0 Å². The number of urea groups is 1. The lowest BCUT2D eigenvalue weighted by molar-refractivity contribution is -0.131. The second kappa shape index (κ2) is 9.12. The zero-order chi connectivity index (χ0) is 21.8. The van der Waals surface area contributed by atoms with Gasteiger partial charge in [0.1, 0.15) is 5.75 Å². The van der Waals surface area contributed by atoms with Gasteiger partial charge >= 0.3 is 6.03 Å². The summed E-state index contributed by atoms with van der Waals surface area (Å²) in [4.78, 5) is 31.4. The van der Waals surface area contributed by atoms with Gasteiger partial charge in [0.15, 0.2) is 0 Å². The Balaban J connectivity index is 1.53. The highest BCUT2D eigenvalue weighted by Gasteiger charge is 2.21. The van der Waals surface area contributed by atoms with Crippen molar-refractivity contribution in [2.75, 3.05) is 33.3 Å². The van der Waals surface area contributed by atoms with Crippen molar-refractivity contribution in [1.82, 2.24) is 14.8 Å². The lowest BCUT2D eigenvalue weighted by atomic mass is 10.0. The number of carbonyl (C=O) groups excluding carboxylic acids is 2. The van der Waals surface area contributed by atoms with Crippen molar-refractivity contribution < 1.29 is 14.3 Å². The van der Waals surface area contributed by atoms with Gasteiger partial charge in [-0.3, -0.25) is 4.79 Å². The van der Waals surface area contributed by atoms with E-state index in [1.807, 2.05) is 41.3 Å². The van der Waals surface area contributed by atoms with Gasteiger partial charge in [0.05, 0.1) is 7.11 Å². The lowest BCUT2D eigenvalue weighted by Crippen LogP contribution is -2.39. The normalized spacial score (nSPS) is 14.5. The van der Waals surface area contributed by atoms with Crippen LogP contribution in [0.4, 0.5) is 4.79 Å². The summed E-state index contributed by atoms with van der Waals surface area (Å²) in [7, 11) is 1.65. The van der Waals surface area contributed by atoms with E-state index < -0.39 is 6.03 Å². The number of nitrogens with one attached hydrogen (secondary N) is 1. The minimum Gasteiger partial charge on any atom is -0.497 e. The Labute approximate surface area is 181 Å². The molecule has 1 saturated heterocycles. The molecule has 1 aliphatic rings. The zero-order valence-corrected chi connectivity index (χ0v) is 17.8. The molecule has 2 heterocycles. The number of rotatable bonds is 5. The summed E-state index contributed by atoms with van der Waals surface area (Å²) in [6.07, 6.45) is 1.81. The van der Waals surface area contributed by atoms with Crippen LogP contribution in [0.1, 0.15) is 18.4 Å². The maximum absolute atomic E-state index is 13.0. The molecule has 0 saturated carbocycles. The second-order valence-corrected chi connectivity index (χ2v) is 7.81. The molecule has 3 N–H and O–H groups in total. The Morgan fingerprint density at radius 3 is 2.45 bits per heavy atom. The molecule has 0 bridgehead atoms. The van der Waals surface area contributed by atoms with E-state index in [9.17, 15) is 9.59 Å². The number of amides is 3. The van der Waals surface area contributed by atoms with E-state index in [0.29, 0.717) is 39.0 Å². The highest BCUT2D eigenvalue weighted by atomic mass is 16.5. The maximum Gasteiger partial charge on any atom is 0.314 e. The van der Waals surface area contributed by atoms with Crippen molar-refractivity contribution in [3.63, 3.8) is 0 Å². The van der Waals surface area contributed by atoms with Gasteiger partial charge in [0.2, 0.25) is 5.91 Å². The summed E-state index contributed by atoms with van der Waals surface area (Å²) in [5, 5.41) is 1.14. The zero-order valence-electron chi connectivity index (χ0n) is 17.8. The summed E-state index contributed by atoms with van der Waals surface area (Å²) >= 11 is 0. The molecule has 31 heavy (non-hydrogen) atoms. The standard InChI is InChI=1S/C24H28N4O3/c1-31-18-9-7-17(8-10-18)23-20(19-5-2-3-6-21(19)26-23)11-12-22(29)27-13-4-14-28(16-15-27)24(25)30/h2-3,5-10,26H,4,11-16H2,1H3,(H2,25,30). The first kappa shape index (κ1) is 20.8. The van der Waals surface area contributed by atoms with Crippen LogP contribution < -0.4 is 10.5 Å². The molecule has 0 radical (unpaired) electrons. The van der Waals surface area contributed by atoms with Crippen molar-refractivity contribution in [1.29, 1.82) is 0 Å². The Hall–Kier alpha value is -3.48. The van der Waals surface area contributed by atoms with Gasteiger partial charge in [-0.15, -0.1) is 0 Å². The first-order valence-electron chi connectivity index (χ1n) is 10.6. The number of hydrogen-bond donors (Lipinski definition) is 2. The molecule has 1 fully saturated rings. The minimum absolute atomic E-state index is 0.109. The molecule has 2 aromatic carbocycles. The van der Waals surface area contributed by atoms with E-state index >= 15 is 0 Å². The molecule has 1 aromatic heterocycles. The number of fused-ring (bicyclic) bond motifs is 1. The van der Waals surface area contributed by atoms with E-state index in [1.165, 1.54) is 0 Å². The van der Waals surface area contributed by atoms with Crippen molar-refractivity contribution in [2.45, 2.75) is 19.3 Å². The predicted molar refractivity (Wildman–Crippen MR) is 121 cm³/mol. The molecule has 4 rings (SSSR count). The molecule has 0 unspecified atom stereocenters. The molecule has 0 spiro atoms. The lowest BCUT2D eigenvalue weighted by Gasteiger charge is -2.21. The highest BCUT2D eigenvalue weighted by Crippen LogP contribution is 2.32. The van der Waals surface area contributed by atoms with E-state index in [0.717, 1.165) is 39.9 Å². The molecule has 162 valence electrons. The Bertz CT molecular complexity index is 1070. The van der Waals surface area contributed by atoms with Gasteiger partial charge in [-0.05, 0) is 54.3 Å². The summed E-state index contributed by atoms with van der Waals surface area (Å²) in [6, 6.07) is 15.7. The van der Waals surface area contributed by atoms with Gasteiger partial charge < -0.3 is 25.3 Å². The molecule has 7 heteroatoms. The van der Waals surface area contributed by atoms with Crippen LogP contribution in [0.3, 0.4) is 0 Å². The van der Waals surface area contributed by atoms with E-state index in [-0.39, 0.29) is 5.91 Å². The Morgan fingerprint density at radius 1 is 1.00 bits per heavy atom. The summed E-state index contributed by atoms with van der Waals surface area (Å²) in [6.45, 7) is 2.28.